The van der Waals surface area contributed by atoms with Crippen LogP contribution < -0.4 is 15.4 Å². The van der Waals surface area contributed by atoms with E-state index in [0.717, 1.165) is 0 Å². The van der Waals surface area contributed by atoms with Crippen LogP contribution in [0.15, 0.2) is 47.0 Å². The number of amides is 2. The molecule has 0 aliphatic carbocycles. The second kappa shape index (κ2) is 12.0. The summed E-state index contributed by atoms with van der Waals surface area (Å²) in [6.45, 7) is -0.0125. The van der Waals surface area contributed by atoms with Crippen molar-refractivity contribution in [2.45, 2.75) is 25.4 Å². The predicted octanol–water partition coefficient (Wildman–Crippen LogP) is 2.62. The van der Waals surface area contributed by atoms with Crippen LogP contribution in [0.1, 0.15) is 23.8 Å². The van der Waals surface area contributed by atoms with Crippen LogP contribution in [0.4, 0.5) is 17.6 Å². The lowest BCUT2D eigenvalue weighted by Crippen LogP contribution is -2.51. The zero-order chi connectivity index (χ0) is 28.0. The van der Waals surface area contributed by atoms with Crippen molar-refractivity contribution in [2.24, 2.45) is 0 Å². The standard InChI is InChI=1S/C24H19F4N3O7/c1-11(29-24(36)16-8-18(38-31-16)12-5-3-2-4-6-12)23(35)30-15(9-19(33)34)17(32)10-37-22-20(27)13(25)7-14(26)21(22)28/h2-8,11,15H,9-10H2,1H3,(H,29,36)(H,30,35)(H,33,34)/t11-,15-/m0/s1. The molecule has 3 aromatic rings. The van der Waals surface area contributed by atoms with Gasteiger partial charge in [-0.3, -0.25) is 19.2 Å². The molecule has 3 rings (SSSR count). The second-order valence-electron chi connectivity index (χ2n) is 7.85. The third kappa shape index (κ3) is 6.72. The average Bonchev–Trinajstić information content (AvgIpc) is 3.38. The van der Waals surface area contributed by atoms with Crippen molar-refractivity contribution in [3.05, 3.63) is 71.4 Å². The Balaban J connectivity index is 1.63. The van der Waals surface area contributed by atoms with E-state index >= 15 is 0 Å². The molecule has 2 atom stereocenters. The number of aliphatic carboxylic acids is 1. The van der Waals surface area contributed by atoms with Crippen LogP contribution in [0.3, 0.4) is 0 Å². The van der Waals surface area contributed by atoms with Crippen molar-refractivity contribution < 1.29 is 51.1 Å². The van der Waals surface area contributed by atoms with Gasteiger partial charge in [0.05, 0.1) is 6.42 Å². The first-order valence-corrected chi connectivity index (χ1v) is 10.8. The van der Waals surface area contributed by atoms with Gasteiger partial charge in [0.1, 0.15) is 18.7 Å². The van der Waals surface area contributed by atoms with E-state index < -0.39 is 77.7 Å². The average molecular weight is 537 g/mol. The van der Waals surface area contributed by atoms with Crippen LogP contribution >= 0.6 is 0 Å². The highest BCUT2D eigenvalue weighted by atomic mass is 19.2. The maximum absolute atomic E-state index is 13.7. The smallest absolute Gasteiger partial charge is 0.305 e. The number of carboxylic acid groups (broad SMARTS) is 1. The van der Waals surface area contributed by atoms with Gasteiger partial charge in [0.25, 0.3) is 5.91 Å². The maximum Gasteiger partial charge on any atom is 0.305 e. The summed E-state index contributed by atoms with van der Waals surface area (Å²) in [5.41, 5.74) is 0.476. The van der Waals surface area contributed by atoms with E-state index in [1.807, 2.05) is 0 Å². The van der Waals surface area contributed by atoms with Gasteiger partial charge in [-0.25, -0.2) is 8.78 Å². The molecule has 0 unspecified atom stereocenters. The van der Waals surface area contributed by atoms with E-state index in [1.54, 1.807) is 30.3 Å². The summed E-state index contributed by atoms with van der Waals surface area (Å²) in [5.74, 6) is -13.2. The number of carboxylic acids is 1. The molecule has 200 valence electrons. The molecule has 0 saturated heterocycles. The molecular weight excluding hydrogens is 518 g/mol. The van der Waals surface area contributed by atoms with Gasteiger partial charge in [-0.05, 0) is 6.92 Å². The Labute approximate surface area is 211 Å². The van der Waals surface area contributed by atoms with E-state index in [-0.39, 0.29) is 17.5 Å². The number of carbonyl (C=O) groups excluding carboxylic acids is 3. The molecule has 0 fully saturated rings. The van der Waals surface area contributed by atoms with Gasteiger partial charge in [-0.1, -0.05) is 35.5 Å². The highest BCUT2D eigenvalue weighted by Gasteiger charge is 2.29. The number of Topliss-reactive ketones (excluding diaryl/α,β-unsaturated/α-hetero) is 1. The van der Waals surface area contributed by atoms with Crippen molar-refractivity contribution in [2.75, 3.05) is 6.61 Å². The molecule has 1 heterocycles. The van der Waals surface area contributed by atoms with Gasteiger partial charge in [0.15, 0.2) is 34.6 Å². The first-order valence-electron chi connectivity index (χ1n) is 10.8. The molecule has 1 aromatic heterocycles. The number of ether oxygens (including phenoxy) is 1. The Bertz CT molecular complexity index is 1340. The fraction of sp³-hybridized carbons (Fsp3) is 0.208. The number of benzene rings is 2. The molecule has 2 amide bonds. The molecule has 0 aliphatic rings. The summed E-state index contributed by atoms with van der Waals surface area (Å²) in [6, 6.07) is 6.88. The van der Waals surface area contributed by atoms with Crippen LogP contribution in [0.25, 0.3) is 11.3 Å². The quantitative estimate of drug-likeness (QED) is 0.250. The lowest BCUT2D eigenvalue weighted by molar-refractivity contribution is -0.140. The second-order valence-corrected chi connectivity index (χ2v) is 7.85. The topological polar surface area (TPSA) is 148 Å². The summed E-state index contributed by atoms with van der Waals surface area (Å²) in [6.07, 6.45) is -0.971. The van der Waals surface area contributed by atoms with Crippen molar-refractivity contribution in [3.63, 3.8) is 0 Å². The SMILES string of the molecule is C[C@H](NC(=O)c1cc(-c2ccccc2)on1)C(=O)N[C@@H](CC(=O)O)C(=O)COc1c(F)c(F)cc(F)c1F. The lowest BCUT2D eigenvalue weighted by Gasteiger charge is -2.19. The Kier molecular flexibility index (Phi) is 8.78. The molecule has 0 aliphatic heterocycles. The minimum absolute atomic E-state index is 0.0655. The normalized spacial score (nSPS) is 12.3. The summed E-state index contributed by atoms with van der Waals surface area (Å²) >= 11 is 0. The van der Waals surface area contributed by atoms with Gasteiger partial charge in [0, 0.05) is 17.7 Å². The molecule has 0 saturated carbocycles. The Hall–Kier alpha value is -4.75. The van der Waals surface area contributed by atoms with Crippen molar-refractivity contribution in [1.82, 2.24) is 15.8 Å². The predicted molar refractivity (Wildman–Crippen MR) is 120 cm³/mol. The van der Waals surface area contributed by atoms with Crippen molar-refractivity contribution in [1.29, 1.82) is 0 Å². The summed E-state index contributed by atoms with van der Waals surface area (Å²) in [5, 5.41) is 17.1. The number of ketones is 1. The molecule has 14 heteroatoms. The number of hydrogen-bond acceptors (Lipinski definition) is 7. The zero-order valence-corrected chi connectivity index (χ0v) is 19.5. The third-order valence-corrected chi connectivity index (χ3v) is 5.06. The molecule has 38 heavy (non-hydrogen) atoms. The fourth-order valence-electron chi connectivity index (χ4n) is 3.10. The van der Waals surface area contributed by atoms with Gasteiger partial charge in [0.2, 0.25) is 17.5 Å². The maximum atomic E-state index is 13.7. The number of nitrogens with zero attached hydrogens (tertiary/aromatic N) is 1. The van der Waals surface area contributed by atoms with E-state index in [4.69, 9.17) is 9.63 Å². The Morgan fingerprint density at radius 3 is 2.24 bits per heavy atom. The number of halogens is 4. The summed E-state index contributed by atoms with van der Waals surface area (Å²) in [4.78, 5) is 48.6. The molecule has 0 spiro atoms. The molecular formula is C24H19F4N3O7. The largest absolute Gasteiger partial charge is 0.481 e. The van der Waals surface area contributed by atoms with E-state index in [1.165, 1.54) is 13.0 Å². The number of carbonyl (C=O) groups is 4. The summed E-state index contributed by atoms with van der Waals surface area (Å²) < 4.78 is 63.8. The van der Waals surface area contributed by atoms with Gasteiger partial charge < -0.3 is 25.0 Å². The number of nitrogens with one attached hydrogen (secondary N) is 2. The minimum atomic E-state index is -1.91. The van der Waals surface area contributed by atoms with Crippen LogP contribution in [0.5, 0.6) is 5.75 Å². The van der Waals surface area contributed by atoms with Crippen LogP contribution in [-0.4, -0.2) is 52.5 Å². The highest BCUT2D eigenvalue weighted by Crippen LogP contribution is 2.26. The third-order valence-electron chi connectivity index (χ3n) is 5.06. The van der Waals surface area contributed by atoms with Crippen LogP contribution in [0, 0.1) is 23.3 Å². The molecule has 0 bridgehead atoms. The van der Waals surface area contributed by atoms with Crippen molar-refractivity contribution >= 4 is 23.6 Å². The highest BCUT2D eigenvalue weighted by molar-refractivity contribution is 5.98. The van der Waals surface area contributed by atoms with Crippen molar-refractivity contribution in [3.8, 4) is 17.1 Å². The van der Waals surface area contributed by atoms with Gasteiger partial charge >= 0.3 is 5.97 Å². The van der Waals surface area contributed by atoms with Crippen LogP contribution in [0.2, 0.25) is 0 Å². The molecule has 2 aromatic carbocycles. The monoisotopic (exact) mass is 537 g/mol. The zero-order valence-electron chi connectivity index (χ0n) is 19.5. The van der Waals surface area contributed by atoms with E-state index in [0.29, 0.717) is 5.56 Å². The van der Waals surface area contributed by atoms with E-state index in [2.05, 4.69) is 20.5 Å². The molecule has 10 nitrogen and oxygen atoms in total. The first-order chi connectivity index (χ1) is 18.0. The first kappa shape index (κ1) is 27.8. The van der Waals surface area contributed by atoms with Gasteiger partial charge in [-0.15, -0.1) is 0 Å². The van der Waals surface area contributed by atoms with Gasteiger partial charge in [-0.2, -0.15) is 8.78 Å². The minimum Gasteiger partial charge on any atom is -0.481 e. The Morgan fingerprint density at radius 1 is 1.00 bits per heavy atom. The lowest BCUT2D eigenvalue weighted by atomic mass is 10.1. The molecule has 3 N–H and O–H groups in total. The van der Waals surface area contributed by atoms with E-state index in [9.17, 15) is 36.7 Å². The summed E-state index contributed by atoms with van der Waals surface area (Å²) in [7, 11) is 0. The Morgan fingerprint density at radius 2 is 1.63 bits per heavy atom. The fourth-order valence-corrected chi connectivity index (χ4v) is 3.10. The number of aromatic nitrogens is 1. The number of hydrogen-bond donors (Lipinski definition) is 3. The number of rotatable bonds is 11. The molecule has 0 radical (unpaired) electrons. The van der Waals surface area contributed by atoms with Crippen LogP contribution in [-0.2, 0) is 14.4 Å².